The summed E-state index contributed by atoms with van der Waals surface area (Å²) < 4.78 is 5.17. The van der Waals surface area contributed by atoms with E-state index in [-0.39, 0.29) is 0 Å². The summed E-state index contributed by atoms with van der Waals surface area (Å²) in [5.41, 5.74) is 4.14. The van der Waals surface area contributed by atoms with Crippen LogP contribution < -0.4 is 0 Å². The zero-order chi connectivity index (χ0) is 18.0. The molecular weight excluding hydrogens is 320 g/mol. The molecule has 0 N–H and O–H groups in total. The van der Waals surface area contributed by atoms with Gasteiger partial charge >= 0.3 is 0 Å². The van der Waals surface area contributed by atoms with Gasteiger partial charge in [-0.15, -0.1) is 0 Å². The molecule has 0 bridgehead atoms. The van der Waals surface area contributed by atoms with Crippen LogP contribution in [0.5, 0.6) is 0 Å². The second kappa shape index (κ2) is 10.5. The SMILES string of the molecule is COCc1ccc(CCN2CCN(CCCc3ccccc3)CC2)cc1. The van der Waals surface area contributed by atoms with E-state index in [1.807, 2.05) is 0 Å². The molecule has 0 aliphatic carbocycles. The smallest absolute Gasteiger partial charge is 0.0713 e. The van der Waals surface area contributed by atoms with Crippen LogP contribution in [0, 0.1) is 0 Å². The van der Waals surface area contributed by atoms with Gasteiger partial charge in [-0.05, 0) is 42.5 Å². The molecule has 0 atom stereocenters. The normalized spacial score (nSPS) is 16.0. The lowest BCUT2D eigenvalue weighted by Gasteiger charge is -2.34. The van der Waals surface area contributed by atoms with E-state index in [1.54, 1.807) is 7.11 Å². The van der Waals surface area contributed by atoms with E-state index < -0.39 is 0 Å². The minimum atomic E-state index is 0.701. The van der Waals surface area contributed by atoms with Gasteiger partial charge in [-0.2, -0.15) is 0 Å². The van der Waals surface area contributed by atoms with Crippen molar-refractivity contribution in [2.45, 2.75) is 25.9 Å². The molecule has 2 aromatic carbocycles. The Morgan fingerprint density at radius 1 is 0.692 bits per heavy atom. The van der Waals surface area contributed by atoms with Crippen molar-refractivity contribution in [2.75, 3.05) is 46.4 Å². The maximum absolute atomic E-state index is 5.17. The highest BCUT2D eigenvalue weighted by Crippen LogP contribution is 2.10. The minimum Gasteiger partial charge on any atom is -0.380 e. The van der Waals surface area contributed by atoms with Gasteiger partial charge in [-0.3, -0.25) is 0 Å². The van der Waals surface area contributed by atoms with Gasteiger partial charge in [0, 0.05) is 39.8 Å². The molecular formula is C23H32N2O. The van der Waals surface area contributed by atoms with Gasteiger partial charge in [0.05, 0.1) is 6.61 Å². The van der Waals surface area contributed by atoms with Crippen molar-refractivity contribution in [1.29, 1.82) is 0 Å². The molecule has 0 unspecified atom stereocenters. The number of hydrogen-bond acceptors (Lipinski definition) is 3. The molecule has 3 rings (SSSR count). The van der Waals surface area contributed by atoms with E-state index >= 15 is 0 Å². The standard InChI is InChI=1S/C23H32N2O/c1-26-20-23-11-9-22(10-12-23)13-15-25-18-16-24(17-19-25)14-5-8-21-6-3-2-4-7-21/h2-4,6-7,9-12H,5,8,13-20H2,1H3. The first-order valence-corrected chi connectivity index (χ1v) is 9.89. The lowest BCUT2D eigenvalue weighted by Crippen LogP contribution is -2.47. The molecule has 1 heterocycles. The van der Waals surface area contributed by atoms with E-state index in [0.717, 1.165) is 6.42 Å². The van der Waals surface area contributed by atoms with E-state index in [1.165, 1.54) is 68.8 Å². The molecule has 1 fully saturated rings. The van der Waals surface area contributed by atoms with Crippen LogP contribution >= 0.6 is 0 Å². The fourth-order valence-corrected chi connectivity index (χ4v) is 3.64. The fraction of sp³-hybridized carbons (Fsp3) is 0.478. The molecule has 26 heavy (non-hydrogen) atoms. The summed E-state index contributed by atoms with van der Waals surface area (Å²) in [5.74, 6) is 0. The third-order valence-electron chi connectivity index (χ3n) is 5.30. The zero-order valence-corrected chi connectivity index (χ0v) is 16.1. The number of methoxy groups -OCH3 is 1. The molecule has 140 valence electrons. The Hall–Kier alpha value is -1.68. The first-order valence-electron chi connectivity index (χ1n) is 9.89. The molecule has 0 aromatic heterocycles. The summed E-state index contributed by atoms with van der Waals surface area (Å²) in [6.07, 6.45) is 3.60. The Bertz CT molecular complexity index is 618. The Balaban J connectivity index is 1.31. The molecule has 0 radical (unpaired) electrons. The van der Waals surface area contributed by atoms with Crippen LogP contribution in [0.4, 0.5) is 0 Å². The van der Waals surface area contributed by atoms with Gasteiger partial charge in [0.2, 0.25) is 0 Å². The Morgan fingerprint density at radius 3 is 1.92 bits per heavy atom. The minimum absolute atomic E-state index is 0.701. The van der Waals surface area contributed by atoms with E-state index in [0.29, 0.717) is 6.61 Å². The van der Waals surface area contributed by atoms with Crippen LogP contribution in [-0.4, -0.2) is 56.2 Å². The second-order valence-corrected chi connectivity index (χ2v) is 7.27. The summed E-state index contributed by atoms with van der Waals surface area (Å²) in [4.78, 5) is 5.23. The number of ether oxygens (including phenoxy) is 1. The van der Waals surface area contributed by atoms with E-state index in [4.69, 9.17) is 4.74 Å². The molecule has 1 aliphatic heterocycles. The predicted octanol–water partition coefficient (Wildman–Crippen LogP) is 3.63. The highest BCUT2D eigenvalue weighted by atomic mass is 16.5. The fourth-order valence-electron chi connectivity index (χ4n) is 3.64. The largest absolute Gasteiger partial charge is 0.380 e. The Morgan fingerprint density at radius 2 is 1.27 bits per heavy atom. The Kier molecular flexibility index (Phi) is 7.68. The molecule has 1 aliphatic rings. The summed E-state index contributed by atoms with van der Waals surface area (Å²) >= 11 is 0. The highest BCUT2D eigenvalue weighted by Gasteiger charge is 2.16. The van der Waals surface area contributed by atoms with Crippen molar-refractivity contribution in [3.63, 3.8) is 0 Å². The molecule has 0 spiro atoms. The van der Waals surface area contributed by atoms with Crippen LogP contribution in [0.15, 0.2) is 54.6 Å². The quantitative estimate of drug-likeness (QED) is 0.685. The molecule has 0 amide bonds. The average molecular weight is 353 g/mol. The van der Waals surface area contributed by atoms with Crippen molar-refractivity contribution in [3.05, 3.63) is 71.3 Å². The maximum Gasteiger partial charge on any atom is 0.0713 e. The number of benzene rings is 2. The summed E-state index contributed by atoms with van der Waals surface area (Å²) in [5, 5.41) is 0. The molecule has 2 aromatic rings. The van der Waals surface area contributed by atoms with Gasteiger partial charge in [0.15, 0.2) is 0 Å². The number of nitrogens with zero attached hydrogens (tertiary/aromatic N) is 2. The van der Waals surface area contributed by atoms with Gasteiger partial charge in [0.25, 0.3) is 0 Å². The number of aryl methyl sites for hydroxylation is 1. The average Bonchev–Trinajstić information content (AvgIpc) is 2.70. The van der Waals surface area contributed by atoms with E-state index in [9.17, 15) is 0 Å². The maximum atomic E-state index is 5.17. The second-order valence-electron chi connectivity index (χ2n) is 7.27. The van der Waals surface area contributed by atoms with Crippen molar-refractivity contribution in [1.82, 2.24) is 9.80 Å². The zero-order valence-electron chi connectivity index (χ0n) is 16.1. The topological polar surface area (TPSA) is 15.7 Å². The van der Waals surface area contributed by atoms with Crippen molar-refractivity contribution in [2.24, 2.45) is 0 Å². The van der Waals surface area contributed by atoms with Gasteiger partial charge in [0.1, 0.15) is 0 Å². The van der Waals surface area contributed by atoms with Crippen molar-refractivity contribution >= 4 is 0 Å². The van der Waals surface area contributed by atoms with Crippen LogP contribution in [0.1, 0.15) is 23.1 Å². The molecule has 1 saturated heterocycles. The van der Waals surface area contributed by atoms with Crippen LogP contribution in [0.2, 0.25) is 0 Å². The van der Waals surface area contributed by atoms with Crippen LogP contribution in [-0.2, 0) is 24.2 Å². The van der Waals surface area contributed by atoms with Crippen molar-refractivity contribution in [3.8, 4) is 0 Å². The van der Waals surface area contributed by atoms with Crippen LogP contribution in [0.25, 0.3) is 0 Å². The molecule has 3 nitrogen and oxygen atoms in total. The van der Waals surface area contributed by atoms with Gasteiger partial charge in [-0.25, -0.2) is 0 Å². The van der Waals surface area contributed by atoms with Crippen molar-refractivity contribution < 1.29 is 4.74 Å². The lowest BCUT2D eigenvalue weighted by molar-refractivity contribution is 0.132. The summed E-state index contributed by atoms with van der Waals surface area (Å²) in [6, 6.07) is 19.7. The third kappa shape index (κ3) is 6.24. The highest BCUT2D eigenvalue weighted by molar-refractivity contribution is 5.22. The number of hydrogen-bond donors (Lipinski definition) is 0. The van der Waals surface area contributed by atoms with Gasteiger partial charge in [-0.1, -0.05) is 54.6 Å². The molecule has 3 heteroatoms. The van der Waals surface area contributed by atoms with E-state index in [2.05, 4.69) is 64.4 Å². The first kappa shape index (κ1) is 19.1. The number of piperazine rings is 1. The Labute approximate surface area is 158 Å². The summed E-state index contributed by atoms with van der Waals surface area (Å²) in [6.45, 7) is 7.92. The van der Waals surface area contributed by atoms with Gasteiger partial charge < -0.3 is 14.5 Å². The van der Waals surface area contributed by atoms with Crippen LogP contribution in [0.3, 0.4) is 0 Å². The lowest BCUT2D eigenvalue weighted by atomic mass is 10.1. The molecule has 0 saturated carbocycles. The predicted molar refractivity (Wildman–Crippen MR) is 109 cm³/mol. The number of rotatable bonds is 9. The summed E-state index contributed by atoms with van der Waals surface area (Å²) in [7, 11) is 1.75. The monoisotopic (exact) mass is 352 g/mol. The first-order chi connectivity index (χ1) is 12.8. The third-order valence-corrected chi connectivity index (χ3v) is 5.30.